The van der Waals surface area contributed by atoms with Crippen molar-refractivity contribution >= 4 is 27.9 Å². The fourth-order valence-electron chi connectivity index (χ4n) is 1.39. The van der Waals surface area contributed by atoms with E-state index in [0.717, 1.165) is 0 Å². The van der Waals surface area contributed by atoms with Crippen LogP contribution < -0.4 is 0 Å². The molecule has 5 heteroatoms. The maximum atomic E-state index is 11.8. The van der Waals surface area contributed by atoms with E-state index in [1.807, 2.05) is 0 Å². The first-order valence-corrected chi connectivity index (χ1v) is 6.81. The fourth-order valence-corrected chi connectivity index (χ4v) is 1.88. The Balaban J connectivity index is 3.00. The lowest BCUT2D eigenvalue weighted by Crippen LogP contribution is -2.15. The van der Waals surface area contributed by atoms with Crippen LogP contribution >= 0.6 is 15.9 Å². The molecule has 0 spiro atoms. The number of rotatable bonds is 4. The Kier molecular flexibility index (Phi) is 5.54. The van der Waals surface area contributed by atoms with E-state index in [-0.39, 0.29) is 12.2 Å². The molecule has 0 N–H and O–H groups in total. The van der Waals surface area contributed by atoms with Gasteiger partial charge in [0, 0.05) is 4.47 Å². The van der Waals surface area contributed by atoms with Crippen LogP contribution in [-0.2, 0) is 9.47 Å². The Hall–Kier alpha value is -1.36. The number of carbonyl (C=O) groups excluding carboxylic acids is 2. The molecule has 0 saturated carbocycles. The first-order valence-electron chi connectivity index (χ1n) is 6.02. The smallest absolute Gasteiger partial charge is 0.338 e. The molecule has 0 heterocycles. The molecule has 19 heavy (non-hydrogen) atoms. The third-order valence-corrected chi connectivity index (χ3v) is 2.51. The topological polar surface area (TPSA) is 52.6 Å². The van der Waals surface area contributed by atoms with Crippen LogP contribution in [0.5, 0.6) is 0 Å². The number of ether oxygens (including phenoxy) is 2. The van der Waals surface area contributed by atoms with Crippen LogP contribution in [0.2, 0.25) is 0 Å². The first kappa shape index (κ1) is 15.7. The molecule has 0 saturated heterocycles. The van der Waals surface area contributed by atoms with Gasteiger partial charge in [-0.15, -0.1) is 0 Å². The highest BCUT2D eigenvalue weighted by Gasteiger charge is 2.16. The standard InChI is InChI=1S/C14H17BrO4/c1-8(2)18-13(16)10-5-11(7-12(15)6-10)14(17)19-9(3)4/h5-9H,1-4H3. The number of carbonyl (C=O) groups is 2. The molecule has 0 bridgehead atoms. The van der Waals surface area contributed by atoms with Gasteiger partial charge in [-0.1, -0.05) is 15.9 Å². The van der Waals surface area contributed by atoms with Crippen molar-refractivity contribution in [2.45, 2.75) is 39.9 Å². The van der Waals surface area contributed by atoms with Gasteiger partial charge in [0.15, 0.2) is 0 Å². The molecule has 0 radical (unpaired) electrons. The van der Waals surface area contributed by atoms with Crippen LogP contribution in [0, 0.1) is 0 Å². The third-order valence-electron chi connectivity index (χ3n) is 2.05. The van der Waals surface area contributed by atoms with Gasteiger partial charge in [-0.3, -0.25) is 0 Å². The fraction of sp³-hybridized carbons (Fsp3) is 0.429. The summed E-state index contributed by atoms with van der Waals surface area (Å²) in [6, 6.07) is 4.69. The molecular weight excluding hydrogens is 312 g/mol. The van der Waals surface area contributed by atoms with Crippen molar-refractivity contribution in [3.8, 4) is 0 Å². The monoisotopic (exact) mass is 328 g/mol. The molecule has 0 aliphatic carbocycles. The van der Waals surface area contributed by atoms with Crippen molar-refractivity contribution in [3.63, 3.8) is 0 Å². The Morgan fingerprint density at radius 1 is 0.895 bits per heavy atom. The molecule has 0 atom stereocenters. The van der Waals surface area contributed by atoms with Crippen LogP contribution in [0.25, 0.3) is 0 Å². The van der Waals surface area contributed by atoms with E-state index in [9.17, 15) is 9.59 Å². The molecule has 0 aromatic heterocycles. The lowest BCUT2D eigenvalue weighted by molar-refractivity contribution is 0.0377. The van der Waals surface area contributed by atoms with Crippen LogP contribution in [0.3, 0.4) is 0 Å². The molecular formula is C14H17BrO4. The zero-order valence-electron chi connectivity index (χ0n) is 11.4. The van der Waals surface area contributed by atoms with E-state index < -0.39 is 11.9 Å². The molecule has 4 nitrogen and oxygen atoms in total. The second-order valence-corrected chi connectivity index (χ2v) is 5.55. The quantitative estimate of drug-likeness (QED) is 0.793. The van der Waals surface area contributed by atoms with Gasteiger partial charge in [0.2, 0.25) is 0 Å². The van der Waals surface area contributed by atoms with Crippen LogP contribution in [0.1, 0.15) is 48.4 Å². The highest BCUT2D eigenvalue weighted by atomic mass is 79.9. The Morgan fingerprint density at radius 2 is 1.26 bits per heavy atom. The first-order chi connectivity index (χ1) is 8.79. The zero-order chi connectivity index (χ0) is 14.6. The van der Waals surface area contributed by atoms with Gasteiger partial charge in [0.1, 0.15) is 0 Å². The zero-order valence-corrected chi connectivity index (χ0v) is 13.0. The van der Waals surface area contributed by atoms with Gasteiger partial charge < -0.3 is 9.47 Å². The van der Waals surface area contributed by atoms with Crippen molar-refractivity contribution in [1.82, 2.24) is 0 Å². The summed E-state index contributed by atoms with van der Waals surface area (Å²) in [5.74, 6) is -0.926. The molecule has 1 aromatic rings. The highest BCUT2D eigenvalue weighted by Crippen LogP contribution is 2.18. The van der Waals surface area contributed by atoms with Crippen LogP contribution in [0.4, 0.5) is 0 Å². The summed E-state index contributed by atoms with van der Waals surface area (Å²) in [4.78, 5) is 23.6. The number of halogens is 1. The van der Waals surface area contributed by atoms with Gasteiger partial charge >= 0.3 is 11.9 Å². The molecule has 0 aliphatic heterocycles. The van der Waals surface area contributed by atoms with Crippen LogP contribution in [-0.4, -0.2) is 24.1 Å². The van der Waals surface area contributed by atoms with E-state index in [1.165, 1.54) is 6.07 Å². The highest BCUT2D eigenvalue weighted by molar-refractivity contribution is 9.10. The van der Waals surface area contributed by atoms with Gasteiger partial charge in [0.25, 0.3) is 0 Å². The van der Waals surface area contributed by atoms with Crippen molar-refractivity contribution in [1.29, 1.82) is 0 Å². The predicted molar refractivity (Wildman–Crippen MR) is 75.2 cm³/mol. The minimum absolute atomic E-state index is 0.211. The lowest BCUT2D eigenvalue weighted by Gasteiger charge is -2.11. The minimum atomic E-state index is -0.463. The summed E-state index contributed by atoms with van der Waals surface area (Å²) in [7, 11) is 0. The van der Waals surface area contributed by atoms with E-state index in [2.05, 4.69) is 15.9 Å². The Bertz CT molecular complexity index is 440. The summed E-state index contributed by atoms with van der Waals surface area (Å²) >= 11 is 3.27. The number of benzene rings is 1. The van der Waals surface area contributed by atoms with Gasteiger partial charge in [-0.25, -0.2) is 9.59 Å². The summed E-state index contributed by atoms with van der Waals surface area (Å²) in [5.41, 5.74) is 0.637. The second kappa shape index (κ2) is 6.70. The van der Waals surface area contributed by atoms with E-state index in [0.29, 0.717) is 15.6 Å². The Morgan fingerprint density at radius 3 is 1.58 bits per heavy atom. The normalized spacial score (nSPS) is 10.7. The molecule has 0 fully saturated rings. The van der Waals surface area contributed by atoms with Crippen molar-refractivity contribution in [3.05, 3.63) is 33.8 Å². The van der Waals surface area contributed by atoms with E-state index in [1.54, 1.807) is 39.8 Å². The molecule has 0 unspecified atom stereocenters. The number of hydrogen-bond donors (Lipinski definition) is 0. The minimum Gasteiger partial charge on any atom is -0.459 e. The SMILES string of the molecule is CC(C)OC(=O)c1cc(Br)cc(C(=O)OC(C)C)c1. The molecule has 1 rings (SSSR count). The average Bonchev–Trinajstić information content (AvgIpc) is 2.26. The van der Waals surface area contributed by atoms with Crippen molar-refractivity contribution in [2.24, 2.45) is 0 Å². The summed E-state index contributed by atoms with van der Waals surface area (Å²) in [6.45, 7) is 7.07. The molecule has 0 amide bonds. The Labute approximate surface area is 121 Å². The third kappa shape index (κ3) is 5.03. The maximum Gasteiger partial charge on any atom is 0.338 e. The summed E-state index contributed by atoms with van der Waals surface area (Å²) in [6.07, 6.45) is -0.421. The van der Waals surface area contributed by atoms with Crippen LogP contribution in [0.15, 0.2) is 22.7 Å². The second-order valence-electron chi connectivity index (χ2n) is 4.64. The summed E-state index contributed by atoms with van der Waals surface area (Å²) < 4.78 is 10.8. The lowest BCUT2D eigenvalue weighted by atomic mass is 10.1. The maximum absolute atomic E-state index is 11.8. The van der Waals surface area contributed by atoms with Crippen molar-refractivity contribution in [2.75, 3.05) is 0 Å². The van der Waals surface area contributed by atoms with Gasteiger partial charge in [-0.05, 0) is 45.9 Å². The number of esters is 2. The van der Waals surface area contributed by atoms with E-state index >= 15 is 0 Å². The van der Waals surface area contributed by atoms with Gasteiger partial charge in [-0.2, -0.15) is 0 Å². The predicted octanol–water partition coefficient (Wildman–Crippen LogP) is 3.58. The van der Waals surface area contributed by atoms with Crippen molar-refractivity contribution < 1.29 is 19.1 Å². The average molecular weight is 329 g/mol. The largest absolute Gasteiger partial charge is 0.459 e. The summed E-state index contributed by atoms with van der Waals surface area (Å²) in [5, 5.41) is 0. The molecule has 0 aliphatic rings. The number of hydrogen-bond acceptors (Lipinski definition) is 4. The molecule has 1 aromatic carbocycles. The van der Waals surface area contributed by atoms with Gasteiger partial charge in [0.05, 0.1) is 23.3 Å². The van der Waals surface area contributed by atoms with E-state index in [4.69, 9.17) is 9.47 Å². The molecule has 104 valence electrons.